The number of benzene rings is 1. The number of hydrogen-bond donors (Lipinski definition) is 2. The van der Waals surface area contributed by atoms with Crippen LogP contribution in [0.4, 0.5) is 11.6 Å². The largest absolute Gasteiger partial charge is 0.341 e. The summed E-state index contributed by atoms with van der Waals surface area (Å²) in [5.41, 5.74) is 7.28. The van der Waals surface area contributed by atoms with Crippen LogP contribution in [0.15, 0.2) is 33.9 Å². The SMILES string of the molecule is CC#CCn1c(N2CCC[C@@H](N)C2)nc2c1c(=O)n(C(C)c1cccc(NC(C)=O)c1)c(=O)n2C. The monoisotopic (exact) mass is 477 g/mol. The van der Waals surface area contributed by atoms with Crippen molar-refractivity contribution in [2.45, 2.75) is 52.2 Å². The summed E-state index contributed by atoms with van der Waals surface area (Å²) in [7, 11) is 1.62. The van der Waals surface area contributed by atoms with Gasteiger partial charge in [0.25, 0.3) is 5.56 Å². The van der Waals surface area contributed by atoms with E-state index in [9.17, 15) is 14.4 Å². The summed E-state index contributed by atoms with van der Waals surface area (Å²) in [6, 6.07) is 6.58. The van der Waals surface area contributed by atoms with Crippen molar-refractivity contribution in [2.75, 3.05) is 23.3 Å². The number of hydrogen-bond acceptors (Lipinski definition) is 6. The van der Waals surface area contributed by atoms with Gasteiger partial charge in [-0.25, -0.2) is 4.79 Å². The zero-order chi connectivity index (χ0) is 25.3. The van der Waals surface area contributed by atoms with Gasteiger partial charge in [-0.3, -0.25) is 23.3 Å². The van der Waals surface area contributed by atoms with E-state index in [1.807, 2.05) is 6.07 Å². The Bertz CT molecular complexity index is 1450. The lowest BCUT2D eigenvalue weighted by Gasteiger charge is -2.31. The maximum atomic E-state index is 13.9. The second-order valence-corrected chi connectivity index (χ2v) is 8.94. The fraction of sp³-hybridized carbons (Fsp3) is 0.440. The van der Waals surface area contributed by atoms with E-state index >= 15 is 0 Å². The lowest BCUT2D eigenvalue weighted by molar-refractivity contribution is -0.114. The summed E-state index contributed by atoms with van der Waals surface area (Å²) in [6.07, 6.45) is 1.86. The minimum atomic E-state index is -0.577. The standard InChI is InChI=1S/C25H31N7O3/c1-5-6-13-31-21-22(28-24(31)30-12-8-10-19(26)15-30)29(4)25(35)32(23(21)34)16(2)18-9-7-11-20(14-18)27-17(3)33/h7,9,11,14,16,19H,8,10,12-13,15,26H2,1-4H3,(H,27,33)/t16?,19-/m1/s1. The van der Waals surface area contributed by atoms with Crippen LogP contribution in [-0.4, -0.2) is 43.7 Å². The first-order chi connectivity index (χ1) is 16.7. The molecule has 184 valence electrons. The second-order valence-electron chi connectivity index (χ2n) is 8.94. The van der Waals surface area contributed by atoms with Crippen LogP contribution in [0.2, 0.25) is 0 Å². The van der Waals surface area contributed by atoms with Crippen molar-refractivity contribution in [3.63, 3.8) is 0 Å². The zero-order valence-electron chi connectivity index (χ0n) is 20.5. The number of aryl methyl sites for hydroxylation is 1. The van der Waals surface area contributed by atoms with Crippen LogP contribution in [-0.2, 0) is 18.4 Å². The quantitative estimate of drug-likeness (QED) is 0.536. The molecule has 1 aromatic carbocycles. The first-order valence-electron chi connectivity index (χ1n) is 11.7. The van der Waals surface area contributed by atoms with E-state index in [2.05, 4.69) is 22.1 Å². The van der Waals surface area contributed by atoms with Crippen LogP contribution in [0.3, 0.4) is 0 Å². The van der Waals surface area contributed by atoms with E-state index < -0.39 is 17.3 Å². The third-order valence-corrected chi connectivity index (χ3v) is 6.39. The van der Waals surface area contributed by atoms with Crippen molar-refractivity contribution in [1.82, 2.24) is 18.7 Å². The Morgan fingerprint density at radius 3 is 2.80 bits per heavy atom. The predicted octanol–water partition coefficient (Wildman–Crippen LogP) is 1.42. The fourth-order valence-electron chi connectivity index (χ4n) is 4.64. The number of nitrogens with one attached hydrogen (secondary N) is 1. The highest BCUT2D eigenvalue weighted by atomic mass is 16.2. The van der Waals surface area contributed by atoms with Gasteiger partial charge in [-0.2, -0.15) is 4.98 Å². The van der Waals surface area contributed by atoms with Crippen LogP contribution in [0, 0.1) is 11.8 Å². The molecule has 1 saturated heterocycles. The Hall–Kier alpha value is -3.84. The summed E-state index contributed by atoms with van der Waals surface area (Å²) < 4.78 is 4.44. The van der Waals surface area contributed by atoms with Gasteiger partial charge >= 0.3 is 5.69 Å². The van der Waals surface area contributed by atoms with Gasteiger partial charge in [0.15, 0.2) is 11.2 Å². The molecule has 1 unspecified atom stereocenters. The number of fused-ring (bicyclic) bond motifs is 1. The van der Waals surface area contributed by atoms with Gasteiger partial charge in [0.1, 0.15) is 0 Å². The Kier molecular flexibility index (Phi) is 6.80. The fourth-order valence-corrected chi connectivity index (χ4v) is 4.64. The lowest BCUT2D eigenvalue weighted by atomic mass is 10.1. The van der Waals surface area contributed by atoms with E-state index in [4.69, 9.17) is 10.7 Å². The van der Waals surface area contributed by atoms with E-state index in [-0.39, 0.29) is 18.5 Å². The van der Waals surface area contributed by atoms with E-state index in [1.54, 1.807) is 43.7 Å². The van der Waals surface area contributed by atoms with Crippen LogP contribution < -0.4 is 27.2 Å². The average molecular weight is 478 g/mol. The van der Waals surface area contributed by atoms with Crippen molar-refractivity contribution in [3.8, 4) is 11.8 Å². The number of imidazole rings is 1. The maximum absolute atomic E-state index is 13.9. The highest BCUT2D eigenvalue weighted by Crippen LogP contribution is 2.24. The van der Waals surface area contributed by atoms with Gasteiger partial charge in [-0.1, -0.05) is 18.1 Å². The number of aromatic nitrogens is 4. The highest BCUT2D eigenvalue weighted by Gasteiger charge is 2.27. The molecule has 0 saturated carbocycles. The number of nitrogens with two attached hydrogens (primary N) is 1. The zero-order valence-corrected chi connectivity index (χ0v) is 20.5. The lowest BCUT2D eigenvalue weighted by Crippen LogP contribution is -2.44. The molecular formula is C25H31N7O3. The van der Waals surface area contributed by atoms with Gasteiger partial charge in [0.05, 0.1) is 12.6 Å². The second kappa shape index (κ2) is 9.80. The number of rotatable bonds is 5. The summed E-state index contributed by atoms with van der Waals surface area (Å²) in [5.74, 6) is 6.33. The van der Waals surface area contributed by atoms with Gasteiger partial charge in [0, 0.05) is 38.8 Å². The molecule has 0 aliphatic carbocycles. The van der Waals surface area contributed by atoms with Crippen LogP contribution in [0.25, 0.3) is 11.2 Å². The topological polar surface area (TPSA) is 120 Å². The third kappa shape index (κ3) is 4.59. The van der Waals surface area contributed by atoms with E-state index in [0.29, 0.717) is 29.3 Å². The number of carbonyl (C=O) groups excluding carboxylic acids is 1. The Morgan fingerprint density at radius 1 is 1.34 bits per heavy atom. The molecule has 1 amide bonds. The molecule has 1 aliphatic rings. The molecule has 1 aliphatic heterocycles. The normalized spacial score (nSPS) is 16.6. The van der Waals surface area contributed by atoms with Crippen molar-refractivity contribution < 1.29 is 4.79 Å². The van der Waals surface area contributed by atoms with Gasteiger partial charge in [-0.15, -0.1) is 5.92 Å². The highest BCUT2D eigenvalue weighted by molar-refractivity contribution is 5.88. The number of amides is 1. The van der Waals surface area contributed by atoms with Crippen molar-refractivity contribution in [2.24, 2.45) is 12.8 Å². The van der Waals surface area contributed by atoms with Gasteiger partial charge in [-0.05, 0) is 44.4 Å². The Labute approximate surface area is 203 Å². The smallest absolute Gasteiger partial charge is 0.333 e. The molecule has 35 heavy (non-hydrogen) atoms. The first-order valence-corrected chi connectivity index (χ1v) is 11.7. The van der Waals surface area contributed by atoms with Gasteiger partial charge < -0.3 is 16.0 Å². The minimum Gasteiger partial charge on any atom is -0.341 e. The molecule has 4 rings (SSSR count). The number of nitrogens with zero attached hydrogens (tertiary/aromatic N) is 5. The molecule has 0 spiro atoms. The average Bonchev–Trinajstić information content (AvgIpc) is 3.21. The van der Waals surface area contributed by atoms with Gasteiger partial charge in [0.2, 0.25) is 11.9 Å². The number of anilines is 2. The first kappa shape index (κ1) is 24.3. The molecular weight excluding hydrogens is 446 g/mol. The maximum Gasteiger partial charge on any atom is 0.333 e. The van der Waals surface area contributed by atoms with Crippen LogP contribution in [0.1, 0.15) is 45.2 Å². The molecule has 0 radical (unpaired) electrons. The molecule has 0 bridgehead atoms. The predicted molar refractivity (Wildman–Crippen MR) is 137 cm³/mol. The summed E-state index contributed by atoms with van der Waals surface area (Å²) in [5, 5.41) is 2.74. The summed E-state index contributed by atoms with van der Waals surface area (Å²) in [6.45, 7) is 6.63. The molecule has 2 aromatic heterocycles. The number of carbonyl (C=O) groups is 1. The minimum absolute atomic E-state index is 0.0191. The third-order valence-electron chi connectivity index (χ3n) is 6.39. The molecule has 1 fully saturated rings. The molecule has 10 heteroatoms. The summed E-state index contributed by atoms with van der Waals surface area (Å²) in [4.78, 5) is 45.5. The van der Waals surface area contributed by atoms with Crippen molar-refractivity contribution >= 4 is 28.7 Å². The Balaban J connectivity index is 1.91. The van der Waals surface area contributed by atoms with Crippen LogP contribution >= 0.6 is 0 Å². The van der Waals surface area contributed by atoms with Crippen LogP contribution in [0.5, 0.6) is 0 Å². The molecule has 3 aromatic rings. The number of piperidine rings is 1. The van der Waals surface area contributed by atoms with E-state index in [0.717, 1.165) is 24.9 Å². The Morgan fingerprint density at radius 2 is 2.11 bits per heavy atom. The van der Waals surface area contributed by atoms with Crippen molar-refractivity contribution in [1.29, 1.82) is 0 Å². The van der Waals surface area contributed by atoms with Crippen molar-refractivity contribution in [3.05, 3.63) is 50.7 Å². The van der Waals surface area contributed by atoms with E-state index in [1.165, 1.54) is 16.1 Å². The summed E-state index contributed by atoms with van der Waals surface area (Å²) >= 11 is 0. The molecule has 3 heterocycles. The molecule has 10 nitrogen and oxygen atoms in total. The molecule has 3 N–H and O–H groups in total. The molecule has 2 atom stereocenters.